The van der Waals surface area contributed by atoms with Crippen LogP contribution in [0.1, 0.15) is 54.4 Å². The van der Waals surface area contributed by atoms with Crippen molar-refractivity contribution in [2.75, 3.05) is 55.8 Å². The van der Waals surface area contributed by atoms with Gasteiger partial charge < -0.3 is 37.9 Å². The molecular formula is C32H43NO10. The number of aryl methyl sites for hydroxylation is 1. The molecule has 3 atom stereocenters. The van der Waals surface area contributed by atoms with Gasteiger partial charge in [0.25, 0.3) is 0 Å². The van der Waals surface area contributed by atoms with Crippen LogP contribution in [-0.4, -0.2) is 90.8 Å². The van der Waals surface area contributed by atoms with E-state index in [0.717, 1.165) is 44.1 Å². The molecule has 2 aromatic carbocycles. The van der Waals surface area contributed by atoms with Crippen molar-refractivity contribution in [3.05, 3.63) is 35.4 Å². The van der Waals surface area contributed by atoms with E-state index in [1.807, 2.05) is 17.0 Å². The van der Waals surface area contributed by atoms with Crippen LogP contribution < -0.4 is 28.4 Å². The molecule has 4 rings (SSSR count). The van der Waals surface area contributed by atoms with Crippen LogP contribution in [0.4, 0.5) is 0 Å². The maximum absolute atomic E-state index is 13.3. The fraction of sp³-hybridized carbons (Fsp3) is 0.562. The number of carbonyl (C=O) groups excluding carboxylic acids is 2. The quantitative estimate of drug-likeness (QED) is 0.118. The molecule has 11 nitrogen and oxygen atoms in total. The second-order valence-corrected chi connectivity index (χ2v) is 10.5. The van der Waals surface area contributed by atoms with Crippen molar-refractivity contribution in [3.8, 4) is 34.5 Å². The van der Waals surface area contributed by atoms with E-state index in [1.165, 1.54) is 21.3 Å². The summed E-state index contributed by atoms with van der Waals surface area (Å²) in [5, 5.41) is 0. The Labute approximate surface area is 253 Å². The van der Waals surface area contributed by atoms with Crippen LogP contribution in [0.15, 0.2) is 24.3 Å². The Balaban J connectivity index is 1.27. The van der Waals surface area contributed by atoms with Crippen molar-refractivity contribution >= 4 is 11.8 Å². The van der Waals surface area contributed by atoms with Gasteiger partial charge in [0, 0.05) is 12.1 Å². The number of likely N-dealkylation sites (tertiary alicyclic amines) is 1. The van der Waals surface area contributed by atoms with E-state index in [1.54, 1.807) is 33.5 Å². The highest BCUT2D eigenvalue weighted by Gasteiger charge is 2.52. The van der Waals surface area contributed by atoms with Crippen LogP contribution in [0.2, 0.25) is 0 Å². The first-order valence-corrected chi connectivity index (χ1v) is 14.6. The van der Waals surface area contributed by atoms with Crippen molar-refractivity contribution in [2.45, 2.75) is 63.3 Å². The summed E-state index contributed by atoms with van der Waals surface area (Å²) in [6.07, 6.45) is 4.78. The monoisotopic (exact) mass is 601 g/mol. The predicted octanol–water partition coefficient (Wildman–Crippen LogP) is 4.46. The number of ketones is 1. The Hall–Kier alpha value is -3.70. The molecule has 43 heavy (non-hydrogen) atoms. The van der Waals surface area contributed by atoms with E-state index >= 15 is 0 Å². The summed E-state index contributed by atoms with van der Waals surface area (Å²) in [5.41, 5.74) is 1.48. The van der Waals surface area contributed by atoms with Crippen molar-refractivity contribution in [3.63, 3.8) is 0 Å². The van der Waals surface area contributed by atoms with E-state index in [2.05, 4.69) is 0 Å². The van der Waals surface area contributed by atoms with E-state index < -0.39 is 18.4 Å². The predicted molar refractivity (Wildman–Crippen MR) is 158 cm³/mol. The van der Waals surface area contributed by atoms with Gasteiger partial charge in [-0.1, -0.05) is 6.42 Å². The number of Topliss-reactive ketones (excluding diaryl/α,β-unsaturated/α-hetero) is 1. The van der Waals surface area contributed by atoms with Gasteiger partial charge in [-0.2, -0.15) is 0 Å². The largest absolute Gasteiger partial charge is 0.493 e. The minimum Gasteiger partial charge on any atom is -0.493 e. The van der Waals surface area contributed by atoms with Crippen molar-refractivity contribution in [1.29, 1.82) is 0 Å². The number of epoxide rings is 1. The van der Waals surface area contributed by atoms with Gasteiger partial charge in [0.1, 0.15) is 12.3 Å². The molecule has 2 aliphatic rings. The maximum atomic E-state index is 13.3. The topological polar surface area (TPSA) is 115 Å². The third-order valence-corrected chi connectivity index (χ3v) is 7.90. The van der Waals surface area contributed by atoms with Crippen molar-refractivity contribution in [1.82, 2.24) is 4.90 Å². The van der Waals surface area contributed by atoms with Gasteiger partial charge in [0.2, 0.25) is 11.5 Å². The van der Waals surface area contributed by atoms with Crippen molar-refractivity contribution < 1.29 is 47.5 Å². The first-order valence-electron chi connectivity index (χ1n) is 14.6. The summed E-state index contributed by atoms with van der Waals surface area (Å²) in [6.45, 7) is 1.01. The number of piperidine rings is 1. The normalized spacial score (nSPS) is 19.7. The summed E-state index contributed by atoms with van der Waals surface area (Å²) in [6, 6.07) is 6.71. The molecule has 2 aliphatic heterocycles. The molecule has 2 unspecified atom stereocenters. The zero-order valence-corrected chi connectivity index (χ0v) is 25.9. The lowest BCUT2D eigenvalue weighted by molar-refractivity contribution is -0.152. The zero-order chi connectivity index (χ0) is 30.9. The highest BCUT2D eigenvalue weighted by atomic mass is 16.6. The van der Waals surface area contributed by atoms with E-state index in [9.17, 15) is 9.59 Å². The second kappa shape index (κ2) is 15.2. The average Bonchev–Trinajstić information content (AvgIpc) is 3.85. The average molecular weight is 602 g/mol. The number of rotatable bonds is 16. The SMILES string of the molecule is COc1cc(CCCCCOC(=O)[C@@H]2CCCCN2C2OC2C(=O)c2cc(OC)c(OC)c(OC)c2)cc(OC)c1OC. The molecule has 0 aromatic heterocycles. The van der Waals surface area contributed by atoms with Crippen molar-refractivity contribution in [2.24, 2.45) is 0 Å². The van der Waals surface area contributed by atoms with Crippen LogP contribution >= 0.6 is 0 Å². The molecule has 0 spiro atoms. The number of hydrogen-bond acceptors (Lipinski definition) is 11. The van der Waals surface area contributed by atoms with Gasteiger partial charge in [-0.25, -0.2) is 0 Å². The number of esters is 1. The lowest BCUT2D eigenvalue weighted by Crippen LogP contribution is -2.48. The van der Waals surface area contributed by atoms with Gasteiger partial charge in [0.05, 0.1) is 49.3 Å². The third-order valence-electron chi connectivity index (χ3n) is 7.90. The summed E-state index contributed by atoms with van der Waals surface area (Å²) < 4.78 is 43.9. The molecule has 0 amide bonds. The molecule has 2 fully saturated rings. The summed E-state index contributed by atoms with van der Waals surface area (Å²) in [5.74, 6) is 2.58. The van der Waals surface area contributed by atoms with E-state index in [-0.39, 0.29) is 11.8 Å². The Kier molecular flexibility index (Phi) is 11.4. The molecule has 236 valence electrons. The minimum atomic E-state index is -0.675. The lowest BCUT2D eigenvalue weighted by atomic mass is 10.0. The van der Waals surface area contributed by atoms with Crippen LogP contribution in [0.3, 0.4) is 0 Å². The number of benzene rings is 2. The van der Waals surface area contributed by atoms with Gasteiger partial charge >= 0.3 is 5.97 Å². The zero-order valence-electron chi connectivity index (χ0n) is 25.9. The van der Waals surface area contributed by atoms with Gasteiger partial charge in [-0.05, 0) is 68.4 Å². The summed E-state index contributed by atoms with van der Waals surface area (Å²) >= 11 is 0. The Morgan fingerprint density at radius 3 is 1.91 bits per heavy atom. The molecule has 11 heteroatoms. The van der Waals surface area contributed by atoms with Crippen LogP contribution in [0.25, 0.3) is 0 Å². The first kappa shape index (κ1) is 32.2. The van der Waals surface area contributed by atoms with E-state index in [0.29, 0.717) is 59.6 Å². The Morgan fingerprint density at radius 1 is 0.767 bits per heavy atom. The molecule has 0 saturated carbocycles. The highest BCUT2D eigenvalue weighted by molar-refractivity contribution is 6.02. The number of unbranched alkanes of at least 4 members (excludes halogenated alkanes) is 2. The molecule has 0 N–H and O–H groups in total. The number of carbonyl (C=O) groups is 2. The molecule has 0 bridgehead atoms. The minimum absolute atomic E-state index is 0.200. The molecular weight excluding hydrogens is 558 g/mol. The molecule has 2 heterocycles. The first-order chi connectivity index (χ1) is 20.9. The Bertz CT molecular complexity index is 1210. The number of hydrogen-bond donors (Lipinski definition) is 0. The fourth-order valence-corrected chi connectivity index (χ4v) is 5.60. The highest BCUT2D eigenvalue weighted by Crippen LogP contribution is 2.41. The molecule has 0 radical (unpaired) electrons. The number of methoxy groups -OCH3 is 6. The maximum Gasteiger partial charge on any atom is 0.323 e. The van der Waals surface area contributed by atoms with Crippen LogP contribution in [0, 0.1) is 0 Å². The molecule has 2 saturated heterocycles. The van der Waals surface area contributed by atoms with Crippen LogP contribution in [-0.2, 0) is 20.7 Å². The smallest absolute Gasteiger partial charge is 0.323 e. The lowest BCUT2D eigenvalue weighted by Gasteiger charge is -2.32. The summed E-state index contributed by atoms with van der Waals surface area (Å²) in [7, 11) is 9.30. The fourth-order valence-electron chi connectivity index (χ4n) is 5.60. The Morgan fingerprint density at radius 2 is 1.35 bits per heavy atom. The molecule has 2 aromatic rings. The summed E-state index contributed by atoms with van der Waals surface area (Å²) in [4.78, 5) is 28.4. The second-order valence-electron chi connectivity index (χ2n) is 10.5. The van der Waals surface area contributed by atoms with E-state index in [4.69, 9.17) is 37.9 Å². The third kappa shape index (κ3) is 7.45. The number of ether oxygens (including phenoxy) is 8. The van der Waals surface area contributed by atoms with Gasteiger partial charge in [0.15, 0.2) is 34.9 Å². The standard InChI is InChI=1S/C32H43NO10/c1-36-23-16-20(17-24(37-2)28(23)40-5)12-8-7-11-15-42-32(35)22-13-9-10-14-33(22)31-30(43-31)27(34)21-18-25(38-3)29(41-6)26(19-21)39-4/h16-19,22,30-31H,7-15H2,1-6H3/t22-,30?,31?/m0/s1. The number of nitrogens with zero attached hydrogens (tertiary/aromatic N) is 1. The molecule has 0 aliphatic carbocycles. The van der Waals surface area contributed by atoms with Gasteiger partial charge in [-0.15, -0.1) is 0 Å². The van der Waals surface area contributed by atoms with Crippen LogP contribution in [0.5, 0.6) is 34.5 Å². The van der Waals surface area contributed by atoms with Gasteiger partial charge in [-0.3, -0.25) is 14.5 Å².